The number of nitrogens with one attached hydrogen (secondary N) is 2. The summed E-state index contributed by atoms with van der Waals surface area (Å²) in [4.78, 5) is 0. The maximum absolute atomic E-state index is 13.0. The van der Waals surface area contributed by atoms with Gasteiger partial charge in [-0.05, 0) is 36.4 Å². The lowest BCUT2D eigenvalue weighted by molar-refractivity contribution is 0.628. The molecule has 2 nitrogen and oxygen atoms in total. The summed E-state index contributed by atoms with van der Waals surface area (Å²) in [7, 11) is 1.86. The molecule has 0 amide bonds. The largest absolute Gasteiger partial charge is 0.388 e. The first-order valence-electron chi connectivity index (χ1n) is 5.08. The second-order valence-electron chi connectivity index (χ2n) is 3.47. The van der Waals surface area contributed by atoms with E-state index < -0.39 is 0 Å². The van der Waals surface area contributed by atoms with Crippen molar-refractivity contribution < 1.29 is 4.39 Å². The standard InChI is InChI=1S/C13H13FN2/c1-15-11-5-3-7-13(9-11)16-12-6-2-4-10(14)8-12/h2-9,15-16H,1H3. The zero-order valence-corrected chi connectivity index (χ0v) is 9.00. The quantitative estimate of drug-likeness (QED) is 0.819. The normalized spacial score (nSPS) is 9.88. The van der Waals surface area contributed by atoms with Gasteiger partial charge >= 0.3 is 0 Å². The molecule has 0 radical (unpaired) electrons. The molecule has 2 rings (SSSR count). The van der Waals surface area contributed by atoms with E-state index >= 15 is 0 Å². The van der Waals surface area contributed by atoms with Crippen LogP contribution in [-0.4, -0.2) is 7.05 Å². The minimum absolute atomic E-state index is 0.241. The van der Waals surface area contributed by atoms with Gasteiger partial charge in [-0.2, -0.15) is 0 Å². The van der Waals surface area contributed by atoms with Gasteiger partial charge in [0, 0.05) is 24.1 Å². The van der Waals surface area contributed by atoms with E-state index in [9.17, 15) is 4.39 Å². The van der Waals surface area contributed by atoms with E-state index in [4.69, 9.17) is 0 Å². The zero-order valence-electron chi connectivity index (χ0n) is 9.00. The Hall–Kier alpha value is -2.03. The Balaban J connectivity index is 2.20. The summed E-state index contributed by atoms with van der Waals surface area (Å²) in [5, 5.41) is 6.19. The topological polar surface area (TPSA) is 24.1 Å². The highest BCUT2D eigenvalue weighted by Crippen LogP contribution is 2.20. The Kier molecular flexibility index (Phi) is 3.05. The summed E-state index contributed by atoms with van der Waals surface area (Å²) in [5.41, 5.74) is 2.69. The number of hydrogen-bond donors (Lipinski definition) is 2. The van der Waals surface area contributed by atoms with Crippen LogP contribution in [0, 0.1) is 5.82 Å². The Morgan fingerprint density at radius 3 is 2.19 bits per heavy atom. The molecule has 82 valence electrons. The van der Waals surface area contributed by atoms with E-state index in [-0.39, 0.29) is 5.82 Å². The van der Waals surface area contributed by atoms with Crippen LogP contribution in [0.2, 0.25) is 0 Å². The molecule has 0 atom stereocenters. The molecule has 0 aliphatic rings. The first-order chi connectivity index (χ1) is 7.78. The van der Waals surface area contributed by atoms with Crippen LogP contribution in [-0.2, 0) is 0 Å². The molecular formula is C13H13FN2. The van der Waals surface area contributed by atoms with Crippen molar-refractivity contribution >= 4 is 17.1 Å². The van der Waals surface area contributed by atoms with Crippen LogP contribution in [0.4, 0.5) is 21.5 Å². The van der Waals surface area contributed by atoms with Gasteiger partial charge in [0.15, 0.2) is 0 Å². The molecule has 2 N–H and O–H groups in total. The van der Waals surface area contributed by atoms with Crippen LogP contribution in [0.3, 0.4) is 0 Å². The van der Waals surface area contributed by atoms with Crippen LogP contribution in [0.25, 0.3) is 0 Å². The number of benzene rings is 2. The van der Waals surface area contributed by atoms with Crippen molar-refractivity contribution in [3.05, 3.63) is 54.3 Å². The van der Waals surface area contributed by atoms with E-state index in [1.165, 1.54) is 12.1 Å². The van der Waals surface area contributed by atoms with Crippen molar-refractivity contribution in [1.29, 1.82) is 0 Å². The molecule has 0 aliphatic carbocycles. The predicted octanol–water partition coefficient (Wildman–Crippen LogP) is 3.61. The Morgan fingerprint density at radius 2 is 1.50 bits per heavy atom. The molecule has 0 aromatic heterocycles. The lowest BCUT2D eigenvalue weighted by atomic mass is 10.2. The Morgan fingerprint density at radius 1 is 0.875 bits per heavy atom. The number of anilines is 3. The zero-order chi connectivity index (χ0) is 11.4. The Labute approximate surface area is 94.1 Å². The third-order valence-electron chi connectivity index (χ3n) is 2.26. The maximum atomic E-state index is 13.0. The summed E-state index contributed by atoms with van der Waals surface area (Å²) in [6.45, 7) is 0. The van der Waals surface area contributed by atoms with Crippen LogP contribution in [0.5, 0.6) is 0 Å². The molecule has 0 spiro atoms. The molecule has 2 aromatic rings. The molecule has 0 heterocycles. The average Bonchev–Trinajstić information content (AvgIpc) is 2.29. The third kappa shape index (κ3) is 2.51. The van der Waals surface area contributed by atoms with Gasteiger partial charge in [0.2, 0.25) is 0 Å². The fraction of sp³-hybridized carbons (Fsp3) is 0.0769. The van der Waals surface area contributed by atoms with Crippen molar-refractivity contribution in [3.63, 3.8) is 0 Å². The van der Waals surface area contributed by atoms with Gasteiger partial charge in [-0.3, -0.25) is 0 Å². The lowest BCUT2D eigenvalue weighted by Crippen LogP contribution is -1.93. The molecule has 0 unspecified atom stereocenters. The molecule has 0 aliphatic heterocycles. The summed E-state index contributed by atoms with van der Waals surface area (Å²) in [5.74, 6) is -0.241. The van der Waals surface area contributed by atoms with Gasteiger partial charge in [0.25, 0.3) is 0 Å². The molecular weight excluding hydrogens is 203 g/mol. The van der Waals surface area contributed by atoms with E-state index in [1.807, 2.05) is 37.4 Å². The Bertz CT molecular complexity index is 483. The molecule has 2 aromatic carbocycles. The lowest BCUT2D eigenvalue weighted by Gasteiger charge is -2.08. The summed E-state index contributed by atoms with van der Waals surface area (Å²) >= 11 is 0. The van der Waals surface area contributed by atoms with Gasteiger partial charge in [-0.25, -0.2) is 4.39 Å². The van der Waals surface area contributed by atoms with Crippen molar-refractivity contribution in [2.45, 2.75) is 0 Å². The molecule has 0 fully saturated rings. The minimum Gasteiger partial charge on any atom is -0.388 e. The van der Waals surface area contributed by atoms with E-state index in [2.05, 4.69) is 10.6 Å². The first-order valence-corrected chi connectivity index (χ1v) is 5.08. The number of hydrogen-bond acceptors (Lipinski definition) is 2. The van der Waals surface area contributed by atoms with Crippen LogP contribution in [0.1, 0.15) is 0 Å². The van der Waals surface area contributed by atoms with Crippen LogP contribution < -0.4 is 10.6 Å². The van der Waals surface area contributed by atoms with Gasteiger partial charge in [-0.15, -0.1) is 0 Å². The minimum atomic E-state index is -0.241. The van der Waals surface area contributed by atoms with Gasteiger partial charge in [0.05, 0.1) is 0 Å². The highest BCUT2D eigenvalue weighted by molar-refractivity contribution is 5.64. The number of halogens is 1. The third-order valence-corrected chi connectivity index (χ3v) is 2.26. The second kappa shape index (κ2) is 4.66. The number of rotatable bonds is 3. The highest BCUT2D eigenvalue weighted by Gasteiger charge is 1.97. The van der Waals surface area contributed by atoms with Crippen LogP contribution in [0.15, 0.2) is 48.5 Å². The van der Waals surface area contributed by atoms with E-state index in [1.54, 1.807) is 6.07 Å². The summed E-state index contributed by atoms with van der Waals surface area (Å²) in [6, 6.07) is 14.2. The van der Waals surface area contributed by atoms with Crippen LogP contribution >= 0.6 is 0 Å². The van der Waals surface area contributed by atoms with Gasteiger partial charge < -0.3 is 10.6 Å². The van der Waals surface area contributed by atoms with E-state index in [0.717, 1.165) is 17.1 Å². The fourth-order valence-electron chi connectivity index (χ4n) is 1.49. The first kappa shape index (κ1) is 10.5. The summed E-state index contributed by atoms with van der Waals surface area (Å²) < 4.78 is 13.0. The smallest absolute Gasteiger partial charge is 0.125 e. The van der Waals surface area contributed by atoms with Crippen molar-refractivity contribution in [2.24, 2.45) is 0 Å². The molecule has 16 heavy (non-hydrogen) atoms. The fourth-order valence-corrected chi connectivity index (χ4v) is 1.49. The highest BCUT2D eigenvalue weighted by atomic mass is 19.1. The van der Waals surface area contributed by atoms with Crippen molar-refractivity contribution in [2.75, 3.05) is 17.7 Å². The average molecular weight is 216 g/mol. The molecule has 0 saturated heterocycles. The van der Waals surface area contributed by atoms with Gasteiger partial charge in [-0.1, -0.05) is 12.1 Å². The van der Waals surface area contributed by atoms with E-state index in [0.29, 0.717) is 0 Å². The van der Waals surface area contributed by atoms with Crippen molar-refractivity contribution in [3.8, 4) is 0 Å². The molecule has 0 bridgehead atoms. The maximum Gasteiger partial charge on any atom is 0.125 e. The molecule has 3 heteroatoms. The monoisotopic (exact) mass is 216 g/mol. The SMILES string of the molecule is CNc1cccc(Nc2cccc(F)c2)c1. The van der Waals surface area contributed by atoms with Gasteiger partial charge in [0.1, 0.15) is 5.82 Å². The summed E-state index contributed by atoms with van der Waals surface area (Å²) in [6.07, 6.45) is 0. The second-order valence-corrected chi connectivity index (χ2v) is 3.47. The van der Waals surface area contributed by atoms with Crippen molar-refractivity contribution in [1.82, 2.24) is 0 Å². The predicted molar refractivity (Wildman–Crippen MR) is 65.7 cm³/mol. The molecule has 0 saturated carbocycles.